The van der Waals surface area contributed by atoms with Crippen molar-refractivity contribution in [3.8, 4) is 0 Å². The normalized spacial score (nSPS) is 17.3. The first-order chi connectivity index (χ1) is 13.1. The monoisotopic (exact) mass is 382 g/mol. The van der Waals surface area contributed by atoms with Gasteiger partial charge in [0.1, 0.15) is 5.82 Å². The number of halogens is 1. The Labute approximate surface area is 163 Å². The zero-order valence-corrected chi connectivity index (χ0v) is 16.1. The lowest BCUT2D eigenvalue weighted by Crippen LogP contribution is -2.47. The SMILES string of the molecule is CC(c1nc2ccccc2c(=O)[nH]1)N1CCN(Cc2ccc(Cl)cc2)CC1. The molecule has 3 aromatic rings. The van der Waals surface area contributed by atoms with E-state index in [-0.39, 0.29) is 11.6 Å². The van der Waals surface area contributed by atoms with Crippen LogP contribution in [0.1, 0.15) is 24.4 Å². The molecular weight excluding hydrogens is 360 g/mol. The fourth-order valence-electron chi connectivity index (χ4n) is 3.63. The van der Waals surface area contributed by atoms with E-state index < -0.39 is 0 Å². The highest BCUT2D eigenvalue weighted by Gasteiger charge is 2.23. The molecule has 2 aromatic carbocycles. The number of hydrogen-bond donors (Lipinski definition) is 1. The van der Waals surface area contributed by atoms with Gasteiger partial charge in [-0.05, 0) is 36.8 Å². The Morgan fingerprint density at radius 2 is 1.78 bits per heavy atom. The fourth-order valence-corrected chi connectivity index (χ4v) is 3.76. The van der Waals surface area contributed by atoms with Crippen LogP contribution in [0.5, 0.6) is 0 Å². The predicted molar refractivity (Wildman–Crippen MR) is 109 cm³/mol. The number of fused-ring (bicyclic) bond motifs is 1. The number of para-hydroxylation sites is 1. The van der Waals surface area contributed by atoms with Crippen LogP contribution in [0.4, 0.5) is 0 Å². The molecule has 0 radical (unpaired) electrons. The molecule has 140 valence electrons. The van der Waals surface area contributed by atoms with Gasteiger partial charge in [0.05, 0.1) is 16.9 Å². The standard InChI is InChI=1S/C21H23ClN4O/c1-15(20-23-19-5-3-2-4-18(19)21(27)24-20)26-12-10-25(11-13-26)14-16-6-8-17(22)9-7-16/h2-9,15H,10-14H2,1H3,(H,23,24,27). The molecule has 6 heteroatoms. The summed E-state index contributed by atoms with van der Waals surface area (Å²) in [6.07, 6.45) is 0. The van der Waals surface area contributed by atoms with Crippen molar-refractivity contribution < 1.29 is 0 Å². The second-order valence-electron chi connectivity index (χ2n) is 7.08. The lowest BCUT2D eigenvalue weighted by Gasteiger charge is -2.37. The summed E-state index contributed by atoms with van der Waals surface area (Å²) in [6.45, 7) is 6.93. The van der Waals surface area contributed by atoms with Gasteiger partial charge in [0.25, 0.3) is 5.56 Å². The molecule has 1 N–H and O–H groups in total. The lowest BCUT2D eigenvalue weighted by molar-refractivity contribution is 0.0948. The van der Waals surface area contributed by atoms with Gasteiger partial charge in [-0.3, -0.25) is 14.6 Å². The molecule has 1 aromatic heterocycles. The topological polar surface area (TPSA) is 52.2 Å². The van der Waals surface area contributed by atoms with Crippen molar-refractivity contribution in [2.75, 3.05) is 26.2 Å². The van der Waals surface area contributed by atoms with E-state index in [1.807, 2.05) is 36.4 Å². The summed E-state index contributed by atoms with van der Waals surface area (Å²) < 4.78 is 0. The second-order valence-corrected chi connectivity index (χ2v) is 7.52. The highest BCUT2D eigenvalue weighted by molar-refractivity contribution is 6.30. The van der Waals surface area contributed by atoms with Crippen molar-refractivity contribution in [1.29, 1.82) is 0 Å². The smallest absolute Gasteiger partial charge is 0.258 e. The zero-order valence-electron chi connectivity index (χ0n) is 15.4. The predicted octanol–water partition coefficient (Wildman–Crippen LogP) is 3.46. The summed E-state index contributed by atoms with van der Waals surface area (Å²) in [5.74, 6) is 0.741. The minimum Gasteiger partial charge on any atom is -0.309 e. The van der Waals surface area contributed by atoms with E-state index >= 15 is 0 Å². The second kappa shape index (κ2) is 7.80. The number of hydrogen-bond acceptors (Lipinski definition) is 4. The van der Waals surface area contributed by atoms with Crippen LogP contribution < -0.4 is 5.56 Å². The number of nitrogens with zero attached hydrogens (tertiary/aromatic N) is 3. The van der Waals surface area contributed by atoms with Gasteiger partial charge in [0, 0.05) is 37.7 Å². The Bertz CT molecular complexity index is 977. The van der Waals surface area contributed by atoms with Crippen molar-refractivity contribution in [3.63, 3.8) is 0 Å². The molecule has 1 aliphatic rings. The Kier molecular flexibility index (Phi) is 5.25. The minimum atomic E-state index is -0.0659. The first kappa shape index (κ1) is 18.2. The third-order valence-corrected chi connectivity index (χ3v) is 5.55. The first-order valence-corrected chi connectivity index (χ1v) is 9.68. The van der Waals surface area contributed by atoms with Crippen molar-refractivity contribution in [1.82, 2.24) is 19.8 Å². The van der Waals surface area contributed by atoms with Gasteiger partial charge in [-0.2, -0.15) is 0 Å². The highest BCUT2D eigenvalue weighted by Crippen LogP contribution is 2.20. The van der Waals surface area contributed by atoms with Gasteiger partial charge in [-0.15, -0.1) is 0 Å². The zero-order chi connectivity index (χ0) is 18.8. The summed E-state index contributed by atoms with van der Waals surface area (Å²) >= 11 is 5.96. The van der Waals surface area contributed by atoms with E-state index in [2.05, 4.69) is 38.8 Å². The molecule has 5 nitrogen and oxygen atoms in total. The molecule has 1 saturated heterocycles. The van der Waals surface area contributed by atoms with Crippen LogP contribution in [0.25, 0.3) is 10.9 Å². The summed E-state index contributed by atoms with van der Waals surface area (Å²) in [5.41, 5.74) is 1.97. The van der Waals surface area contributed by atoms with Gasteiger partial charge in [0.2, 0.25) is 0 Å². The Balaban J connectivity index is 1.42. The number of rotatable bonds is 4. The van der Waals surface area contributed by atoms with Gasteiger partial charge < -0.3 is 4.98 Å². The molecule has 0 aliphatic carbocycles. The molecule has 1 aliphatic heterocycles. The van der Waals surface area contributed by atoms with Crippen LogP contribution in [0.2, 0.25) is 5.02 Å². The van der Waals surface area contributed by atoms with Gasteiger partial charge >= 0.3 is 0 Å². The largest absolute Gasteiger partial charge is 0.309 e. The lowest BCUT2D eigenvalue weighted by atomic mass is 10.1. The molecule has 2 heterocycles. The Morgan fingerprint density at radius 1 is 1.07 bits per heavy atom. The number of nitrogens with one attached hydrogen (secondary N) is 1. The molecular formula is C21H23ClN4O. The number of piperazine rings is 1. The van der Waals surface area contributed by atoms with E-state index in [1.165, 1.54) is 5.56 Å². The molecule has 0 amide bonds. The van der Waals surface area contributed by atoms with E-state index in [1.54, 1.807) is 0 Å². The van der Waals surface area contributed by atoms with E-state index in [0.29, 0.717) is 5.39 Å². The van der Waals surface area contributed by atoms with E-state index in [4.69, 9.17) is 11.6 Å². The quantitative estimate of drug-likeness (QED) is 0.750. The molecule has 4 rings (SSSR count). The average Bonchev–Trinajstić information content (AvgIpc) is 2.70. The van der Waals surface area contributed by atoms with E-state index in [9.17, 15) is 4.79 Å². The number of benzene rings is 2. The molecule has 1 unspecified atom stereocenters. The highest BCUT2D eigenvalue weighted by atomic mass is 35.5. The van der Waals surface area contributed by atoms with Gasteiger partial charge in [-0.25, -0.2) is 4.98 Å². The minimum absolute atomic E-state index is 0.0659. The van der Waals surface area contributed by atoms with Crippen LogP contribution in [0, 0.1) is 0 Å². The number of H-pyrrole nitrogens is 1. The maximum atomic E-state index is 12.3. The molecule has 1 atom stereocenters. The molecule has 0 spiro atoms. The maximum Gasteiger partial charge on any atom is 0.258 e. The van der Waals surface area contributed by atoms with Crippen LogP contribution in [-0.2, 0) is 6.54 Å². The Hall–Kier alpha value is -2.21. The first-order valence-electron chi connectivity index (χ1n) is 9.30. The Morgan fingerprint density at radius 3 is 2.52 bits per heavy atom. The van der Waals surface area contributed by atoms with Crippen molar-refractivity contribution in [2.45, 2.75) is 19.5 Å². The molecule has 0 saturated carbocycles. The van der Waals surface area contributed by atoms with Gasteiger partial charge in [-0.1, -0.05) is 35.9 Å². The van der Waals surface area contributed by atoms with E-state index in [0.717, 1.165) is 49.1 Å². The molecule has 0 bridgehead atoms. The maximum absolute atomic E-state index is 12.3. The molecule has 1 fully saturated rings. The molecule has 27 heavy (non-hydrogen) atoms. The van der Waals surface area contributed by atoms with Crippen molar-refractivity contribution >= 4 is 22.5 Å². The van der Waals surface area contributed by atoms with Crippen molar-refractivity contribution in [3.05, 3.63) is 75.3 Å². The third-order valence-electron chi connectivity index (χ3n) is 5.30. The van der Waals surface area contributed by atoms with Gasteiger partial charge in [0.15, 0.2) is 0 Å². The van der Waals surface area contributed by atoms with Crippen LogP contribution in [0.15, 0.2) is 53.3 Å². The number of aromatic amines is 1. The van der Waals surface area contributed by atoms with Crippen LogP contribution in [0.3, 0.4) is 0 Å². The van der Waals surface area contributed by atoms with Crippen molar-refractivity contribution in [2.24, 2.45) is 0 Å². The summed E-state index contributed by atoms with van der Waals surface area (Å²) in [4.78, 5) is 24.8. The summed E-state index contributed by atoms with van der Waals surface area (Å²) in [5, 5.41) is 1.41. The summed E-state index contributed by atoms with van der Waals surface area (Å²) in [6, 6.07) is 15.6. The van der Waals surface area contributed by atoms with Crippen LogP contribution in [-0.4, -0.2) is 45.9 Å². The third kappa shape index (κ3) is 4.05. The number of aromatic nitrogens is 2. The average molecular weight is 383 g/mol. The fraction of sp³-hybridized carbons (Fsp3) is 0.333. The summed E-state index contributed by atoms with van der Waals surface area (Å²) in [7, 11) is 0. The van der Waals surface area contributed by atoms with Crippen LogP contribution >= 0.6 is 11.6 Å².